The Hall–Kier alpha value is -0.870. The van der Waals surface area contributed by atoms with Crippen LogP contribution < -0.4 is 10.6 Å². The van der Waals surface area contributed by atoms with E-state index >= 15 is 0 Å². The van der Waals surface area contributed by atoms with Crippen molar-refractivity contribution in [3.8, 4) is 0 Å². The van der Waals surface area contributed by atoms with E-state index in [4.69, 9.17) is 0 Å². The summed E-state index contributed by atoms with van der Waals surface area (Å²) in [6.07, 6.45) is 2.22. The number of aromatic nitrogens is 2. The molecule has 1 saturated heterocycles. The SMILES string of the molecule is CCc1cc(CNC2(C)CCNC2)n(CC)n1. The topological polar surface area (TPSA) is 41.9 Å². The van der Waals surface area contributed by atoms with Crippen LogP contribution in [0.3, 0.4) is 0 Å². The summed E-state index contributed by atoms with van der Waals surface area (Å²) in [5.41, 5.74) is 2.74. The molecule has 4 heteroatoms. The van der Waals surface area contributed by atoms with Gasteiger partial charge in [0.15, 0.2) is 0 Å². The number of hydrogen-bond donors (Lipinski definition) is 2. The largest absolute Gasteiger partial charge is 0.315 e. The van der Waals surface area contributed by atoms with E-state index in [2.05, 4.69) is 47.3 Å². The van der Waals surface area contributed by atoms with E-state index in [9.17, 15) is 0 Å². The van der Waals surface area contributed by atoms with Gasteiger partial charge in [0, 0.05) is 25.2 Å². The van der Waals surface area contributed by atoms with Gasteiger partial charge in [-0.25, -0.2) is 0 Å². The first-order valence-electron chi connectivity index (χ1n) is 6.68. The molecule has 2 rings (SSSR count). The highest BCUT2D eigenvalue weighted by Gasteiger charge is 2.27. The number of nitrogens with zero attached hydrogens (tertiary/aromatic N) is 2. The number of hydrogen-bond acceptors (Lipinski definition) is 3. The van der Waals surface area contributed by atoms with E-state index in [0.29, 0.717) is 0 Å². The van der Waals surface area contributed by atoms with Crippen LogP contribution >= 0.6 is 0 Å². The zero-order valence-electron chi connectivity index (χ0n) is 11.2. The van der Waals surface area contributed by atoms with E-state index in [1.54, 1.807) is 0 Å². The summed E-state index contributed by atoms with van der Waals surface area (Å²) in [5, 5.41) is 11.6. The molecule has 0 saturated carbocycles. The van der Waals surface area contributed by atoms with E-state index in [1.165, 1.54) is 17.8 Å². The van der Waals surface area contributed by atoms with E-state index in [1.807, 2.05) is 0 Å². The van der Waals surface area contributed by atoms with Gasteiger partial charge < -0.3 is 10.6 Å². The molecule has 1 fully saturated rings. The Morgan fingerprint density at radius 2 is 2.35 bits per heavy atom. The molecule has 0 spiro atoms. The smallest absolute Gasteiger partial charge is 0.0625 e. The van der Waals surface area contributed by atoms with Crippen molar-refractivity contribution in [3.63, 3.8) is 0 Å². The minimum absolute atomic E-state index is 0.245. The summed E-state index contributed by atoms with van der Waals surface area (Å²) < 4.78 is 2.11. The van der Waals surface area contributed by atoms with Crippen molar-refractivity contribution in [2.24, 2.45) is 0 Å². The molecule has 2 N–H and O–H groups in total. The van der Waals surface area contributed by atoms with Crippen LogP contribution in [0.5, 0.6) is 0 Å². The Kier molecular flexibility index (Phi) is 3.84. The highest BCUT2D eigenvalue weighted by Crippen LogP contribution is 2.15. The van der Waals surface area contributed by atoms with Crippen molar-refractivity contribution in [1.29, 1.82) is 0 Å². The van der Waals surface area contributed by atoms with Crippen molar-refractivity contribution in [3.05, 3.63) is 17.5 Å². The first-order chi connectivity index (χ1) is 8.17. The van der Waals surface area contributed by atoms with Crippen LogP contribution in [-0.2, 0) is 19.5 Å². The van der Waals surface area contributed by atoms with Crippen molar-refractivity contribution >= 4 is 0 Å². The average molecular weight is 236 g/mol. The van der Waals surface area contributed by atoms with Gasteiger partial charge in [0.1, 0.15) is 0 Å². The summed E-state index contributed by atoms with van der Waals surface area (Å²) in [5.74, 6) is 0. The summed E-state index contributed by atoms with van der Waals surface area (Å²) in [7, 11) is 0. The van der Waals surface area contributed by atoms with E-state index in [0.717, 1.165) is 32.6 Å². The lowest BCUT2D eigenvalue weighted by molar-refractivity contribution is 0.377. The van der Waals surface area contributed by atoms with Crippen LogP contribution in [0.15, 0.2) is 6.07 Å². The molecule has 1 aliphatic heterocycles. The molecular weight excluding hydrogens is 212 g/mol. The highest BCUT2D eigenvalue weighted by atomic mass is 15.3. The molecule has 0 amide bonds. The summed E-state index contributed by atoms with van der Waals surface area (Å²) >= 11 is 0. The van der Waals surface area contributed by atoms with Crippen molar-refractivity contribution < 1.29 is 0 Å². The number of nitrogens with one attached hydrogen (secondary N) is 2. The average Bonchev–Trinajstić information content (AvgIpc) is 2.93. The molecule has 1 aromatic heterocycles. The molecule has 1 unspecified atom stereocenters. The fourth-order valence-corrected chi connectivity index (χ4v) is 2.38. The van der Waals surface area contributed by atoms with Crippen LogP contribution in [0.25, 0.3) is 0 Å². The van der Waals surface area contributed by atoms with E-state index < -0.39 is 0 Å². The monoisotopic (exact) mass is 236 g/mol. The lowest BCUT2D eigenvalue weighted by Crippen LogP contribution is -2.43. The standard InChI is InChI=1S/C13H24N4/c1-4-11-8-12(17(5-2)16-11)9-15-13(3)6-7-14-10-13/h8,14-15H,4-7,9-10H2,1-3H3. The fraction of sp³-hybridized carbons (Fsp3) is 0.769. The molecule has 0 radical (unpaired) electrons. The van der Waals surface area contributed by atoms with Crippen LogP contribution in [0.2, 0.25) is 0 Å². The second kappa shape index (κ2) is 5.19. The fourth-order valence-electron chi connectivity index (χ4n) is 2.38. The van der Waals surface area contributed by atoms with Gasteiger partial charge in [0.2, 0.25) is 0 Å². The molecule has 0 aromatic carbocycles. The molecule has 1 atom stereocenters. The van der Waals surface area contributed by atoms with E-state index in [-0.39, 0.29) is 5.54 Å². The summed E-state index contributed by atoms with van der Waals surface area (Å²) in [4.78, 5) is 0. The van der Waals surface area contributed by atoms with Crippen LogP contribution in [0, 0.1) is 0 Å². The van der Waals surface area contributed by atoms with Gasteiger partial charge in [-0.1, -0.05) is 6.92 Å². The molecular formula is C13H24N4. The Morgan fingerprint density at radius 3 is 2.94 bits per heavy atom. The lowest BCUT2D eigenvalue weighted by atomic mass is 10.0. The predicted molar refractivity (Wildman–Crippen MR) is 70.0 cm³/mol. The van der Waals surface area contributed by atoms with Crippen LogP contribution in [0.1, 0.15) is 38.6 Å². The van der Waals surface area contributed by atoms with Gasteiger partial charge in [-0.2, -0.15) is 5.10 Å². The quantitative estimate of drug-likeness (QED) is 0.810. The normalized spacial score (nSPS) is 24.4. The van der Waals surface area contributed by atoms with Crippen molar-refractivity contribution in [2.75, 3.05) is 13.1 Å². The molecule has 4 nitrogen and oxygen atoms in total. The lowest BCUT2D eigenvalue weighted by Gasteiger charge is -2.24. The minimum Gasteiger partial charge on any atom is -0.315 e. The maximum atomic E-state index is 4.58. The maximum absolute atomic E-state index is 4.58. The molecule has 1 aliphatic rings. The number of aryl methyl sites for hydroxylation is 2. The van der Waals surface area contributed by atoms with Crippen LogP contribution in [0.4, 0.5) is 0 Å². The Labute approximate surface area is 104 Å². The van der Waals surface area contributed by atoms with Gasteiger partial charge in [-0.05, 0) is 39.3 Å². The first-order valence-corrected chi connectivity index (χ1v) is 6.68. The number of rotatable bonds is 5. The molecule has 17 heavy (non-hydrogen) atoms. The highest BCUT2D eigenvalue weighted by molar-refractivity contribution is 5.11. The summed E-state index contributed by atoms with van der Waals surface area (Å²) in [6, 6.07) is 2.22. The Bertz CT molecular complexity index is 363. The van der Waals surface area contributed by atoms with Crippen LogP contribution in [-0.4, -0.2) is 28.4 Å². The van der Waals surface area contributed by atoms with Gasteiger partial charge in [0.25, 0.3) is 0 Å². The van der Waals surface area contributed by atoms with Gasteiger partial charge in [-0.15, -0.1) is 0 Å². The third-order valence-corrected chi connectivity index (χ3v) is 3.64. The summed E-state index contributed by atoms with van der Waals surface area (Å²) in [6.45, 7) is 10.6. The molecule has 96 valence electrons. The maximum Gasteiger partial charge on any atom is 0.0625 e. The molecule has 0 bridgehead atoms. The van der Waals surface area contributed by atoms with Gasteiger partial charge >= 0.3 is 0 Å². The van der Waals surface area contributed by atoms with Crippen molar-refractivity contribution in [1.82, 2.24) is 20.4 Å². The zero-order valence-corrected chi connectivity index (χ0v) is 11.2. The Morgan fingerprint density at radius 1 is 1.53 bits per heavy atom. The first kappa shape index (κ1) is 12.6. The molecule has 2 heterocycles. The van der Waals surface area contributed by atoms with Crippen molar-refractivity contribution in [2.45, 2.75) is 52.2 Å². The second-order valence-electron chi connectivity index (χ2n) is 5.14. The molecule has 1 aromatic rings. The second-order valence-corrected chi connectivity index (χ2v) is 5.14. The third-order valence-electron chi connectivity index (χ3n) is 3.64. The van der Waals surface area contributed by atoms with Gasteiger partial charge in [0.05, 0.1) is 11.4 Å². The third kappa shape index (κ3) is 2.87. The predicted octanol–water partition coefficient (Wildman–Crippen LogP) is 1.31. The zero-order chi connectivity index (χ0) is 12.3. The minimum atomic E-state index is 0.245. The molecule has 0 aliphatic carbocycles. The Balaban J connectivity index is 2.00. The van der Waals surface area contributed by atoms with Gasteiger partial charge in [-0.3, -0.25) is 4.68 Å².